The number of thioether (sulfide) groups is 1. The number of hydrogen-bond acceptors (Lipinski definition) is 4. The van der Waals surface area contributed by atoms with Crippen LogP contribution in [-0.2, 0) is 21.0 Å². The largest absolute Gasteiger partial charge is 0.480 e. The zero-order chi connectivity index (χ0) is 15.8. The Bertz CT molecular complexity index is 660. The normalized spacial score (nSPS) is 20.6. The number of rotatable bonds is 3. The third-order valence-corrected chi connectivity index (χ3v) is 5.99. The number of alkyl halides is 3. The third-order valence-electron chi connectivity index (χ3n) is 2.91. The van der Waals surface area contributed by atoms with Crippen LogP contribution in [0.25, 0.3) is 0 Å². The second kappa shape index (κ2) is 5.50. The summed E-state index contributed by atoms with van der Waals surface area (Å²) in [7, 11) is -4.54. The van der Waals surface area contributed by atoms with Gasteiger partial charge in [0.15, 0.2) is 0 Å². The van der Waals surface area contributed by atoms with Crippen molar-refractivity contribution in [2.45, 2.75) is 17.1 Å². The summed E-state index contributed by atoms with van der Waals surface area (Å²) in [4.78, 5) is 10.1. The Balaban J connectivity index is 2.53. The molecule has 0 amide bonds. The van der Waals surface area contributed by atoms with Crippen molar-refractivity contribution in [1.29, 1.82) is 0 Å². The highest BCUT2D eigenvalue weighted by molar-refractivity contribution is 8.00. The molecule has 5 nitrogen and oxygen atoms in total. The molecule has 10 heteroatoms. The predicted octanol–water partition coefficient (Wildman–Crippen LogP) is 1.85. The quantitative estimate of drug-likeness (QED) is 0.908. The first-order valence-electron chi connectivity index (χ1n) is 5.64. The van der Waals surface area contributed by atoms with Gasteiger partial charge in [-0.25, -0.2) is 8.42 Å². The molecule has 1 unspecified atom stereocenters. The lowest BCUT2D eigenvalue weighted by Crippen LogP contribution is -2.42. The molecule has 1 N–H and O–H groups in total. The molecule has 2 rings (SSSR count). The van der Waals surface area contributed by atoms with Gasteiger partial charge in [0.25, 0.3) is 0 Å². The van der Waals surface area contributed by atoms with Crippen LogP contribution in [0.15, 0.2) is 29.2 Å². The summed E-state index contributed by atoms with van der Waals surface area (Å²) in [6, 6.07) is 2.38. The van der Waals surface area contributed by atoms with Crippen LogP contribution in [0.3, 0.4) is 0 Å². The number of carboxylic acids is 1. The van der Waals surface area contributed by atoms with Crippen molar-refractivity contribution in [2.24, 2.45) is 0 Å². The molecular formula is C11H10F3NO4S2. The zero-order valence-corrected chi connectivity index (χ0v) is 12.0. The van der Waals surface area contributed by atoms with E-state index >= 15 is 0 Å². The van der Waals surface area contributed by atoms with Crippen molar-refractivity contribution in [2.75, 3.05) is 11.6 Å². The molecule has 0 aliphatic carbocycles. The number of aliphatic carboxylic acids is 1. The Morgan fingerprint density at radius 1 is 1.33 bits per heavy atom. The molecule has 0 spiro atoms. The summed E-state index contributed by atoms with van der Waals surface area (Å²) < 4.78 is 64.1. The van der Waals surface area contributed by atoms with Crippen LogP contribution < -0.4 is 0 Å². The van der Waals surface area contributed by atoms with Crippen molar-refractivity contribution < 1.29 is 31.5 Å². The maximum atomic E-state index is 12.9. The van der Waals surface area contributed by atoms with Gasteiger partial charge in [-0.05, 0) is 12.1 Å². The number of sulfonamides is 1. The summed E-state index contributed by atoms with van der Waals surface area (Å²) >= 11 is 1.04. The number of halogens is 3. The number of hydrogen-bond donors (Lipinski definition) is 1. The molecule has 1 aliphatic rings. The predicted molar refractivity (Wildman–Crippen MR) is 69.2 cm³/mol. The van der Waals surface area contributed by atoms with Crippen LogP contribution in [0.2, 0.25) is 0 Å². The lowest BCUT2D eigenvalue weighted by atomic mass is 10.2. The number of carboxylic acid groups (broad SMARTS) is 1. The molecule has 1 aliphatic heterocycles. The Kier molecular flexibility index (Phi) is 4.22. The van der Waals surface area contributed by atoms with Gasteiger partial charge in [0.2, 0.25) is 10.0 Å². The van der Waals surface area contributed by atoms with Crippen LogP contribution in [0.5, 0.6) is 0 Å². The average molecular weight is 341 g/mol. The maximum absolute atomic E-state index is 12.9. The van der Waals surface area contributed by atoms with Gasteiger partial charge in [-0.15, -0.1) is 11.8 Å². The van der Waals surface area contributed by atoms with Gasteiger partial charge in [-0.3, -0.25) is 4.79 Å². The van der Waals surface area contributed by atoms with Gasteiger partial charge in [0, 0.05) is 5.75 Å². The average Bonchev–Trinajstić information content (AvgIpc) is 2.88. The third kappa shape index (κ3) is 3.01. The van der Waals surface area contributed by atoms with Crippen molar-refractivity contribution in [3.8, 4) is 0 Å². The van der Waals surface area contributed by atoms with E-state index in [1.807, 2.05) is 0 Å². The second-order valence-electron chi connectivity index (χ2n) is 4.24. The number of benzene rings is 1. The highest BCUT2D eigenvalue weighted by Crippen LogP contribution is 2.37. The fraction of sp³-hybridized carbons (Fsp3) is 0.364. The minimum absolute atomic E-state index is 0.00273. The minimum atomic E-state index is -4.84. The summed E-state index contributed by atoms with van der Waals surface area (Å²) in [5.41, 5.74) is -1.30. The van der Waals surface area contributed by atoms with Gasteiger partial charge >= 0.3 is 12.1 Å². The van der Waals surface area contributed by atoms with E-state index in [0.717, 1.165) is 23.9 Å². The molecule has 116 valence electrons. The second-order valence-corrected chi connectivity index (χ2v) is 7.10. The summed E-state index contributed by atoms with van der Waals surface area (Å²) in [5.74, 6) is -1.57. The van der Waals surface area contributed by atoms with E-state index in [4.69, 9.17) is 5.11 Å². The molecule has 1 saturated heterocycles. The molecule has 0 saturated carbocycles. The molecule has 0 bridgehead atoms. The molecule has 1 aromatic rings. The van der Waals surface area contributed by atoms with Crippen molar-refractivity contribution >= 4 is 27.8 Å². The van der Waals surface area contributed by atoms with E-state index in [-0.39, 0.29) is 11.6 Å². The smallest absolute Gasteiger partial charge is 0.417 e. The van der Waals surface area contributed by atoms with Crippen molar-refractivity contribution in [1.82, 2.24) is 4.31 Å². The Labute approximate surface area is 122 Å². The number of nitrogens with zero attached hydrogens (tertiary/aromatic N) is 1. The standard InChI is InChI=1S/C11H10F3NO4S2/c12-11(13,14)7-3-1-2-4-9(7)21(18,19)15-6-20-5-8(15)10(16)17/h1-4,8H,5-6H2,(H,16,17). The van der Waals surface area contributed by atoms with Gasteiger partial charge in [-0.2, -0.15) is 17.5 Å². The van der Waals surface area contributed by atoms with Gasteiger partial charge < -0.3 is 5.11 Å². The lowest BCUT2D eigenvalue weighted by molar-refractivity contribution is -0.140. The van der Waals surface area contributed by atoms with Crippen molar-refractivity contribution in [3.63, 3.8) is 0 Å². The molecule has 1 aromatic carbocycles. The first-order chi connectivity index (χ1) is 9.65. The fourth-order valence-corrected chi connectivity index (χ4v) is 5.26. The van der Waals surface area contributed by atoms with E-state index in [9.17, 15) is 26.4 Å². The minimum Gasteiger partial charge on any atom is -0.480 e. The van der Waals surface area contributed by atoms with Crippen LogP contribution in [0.1, 0.15) is 5.56 Å². The van der Waals surface area contributed by atoms with Crippen LogP contribution in [0.4, 0.5) is 13.2 Å². The lowest BCUT2D eigenvalue weighted by Gasteiger charge is -2.22. The molecule has 1 atom stereocenters. The number of carbonyl (C=O) groups is 1. The van der Waals surface area contributed by atoms with E-state index in [1.54, 1.807) is 0 Å². The summed E-state index contributed by atoms with van der Waals surface area (Å²) in [6.07, 6.45) is -4.84. The first-order valence-corrected chi connectivity index (χ1v) is 8.24. The molecule has 0 radical (unpaired) electrons. The van der Waals surface area contributed by atoms with E-state index in [2.05, 4.69) is 0 Å². The maximum Gasteiger partial charge on any atom is 0.417 e. The van der Waals surface area contributed by atoms with Gasteiger partial charge in [-0.1, -0.05) is 12.1 Å². The fourth-order valence-electron chi connectivity index (χ4n) is 1.91. The van der Waals surface area contributed by atoms with Gasteiger partial charge in [0.05, 0.1) is 16.3 Å². The van der Waals surface area contributed by atoms with Crippen LogP contribution >= 0.6 is 11.8 Å². The summed E-state index contributed by atoms with van der Waals surface area (Å²) in [5, 5.41) is 8.98. The first kappa shape index (κ1) is 16.1. The zero-order valence-electron chi connectivity index (χ0n) is 10.4. The van der Waals surface area contributed by atoms with Crippen LogP contribution in [0, 0.1) is 0 Å². The van der Waals surface area contributed by atoms with E-state index < -0.39 is 38.7 Å². The molecular weight excluding hydrogens is 331 g/mol. The van der Waals surface area contributed by atoms with E-state index in [1.165, 1.54) is 6.07 Å². The molecule has 1 fully saturated rings. The topological polar surface area (TPSA) is 74.7 Å². The highest BCUT2D eigenvalue weighted by Gasteiger charge is 2.44. The monoisotopic (exact) mass is 341 g/mol. The Morgan fingerprint density at radius 2 is 1.95 bits per heavy atom. The molecule has 21 heavy (non-hydrogen) atoms. The Hall–Kier alpha value is -1.26. The van der Waals surface area contributed by atoms with Crippen LogP contribution in [-0.4, -0.2) is 41.5 Å². The summed E-state index contributed by atoms with van der Waals surface area (Å²) in [6.45, 7) is 0. The highest BCUT2D eigenvalue weighted by atomic mass is 32.2. The van der Waals surface area contributed by atoms with Gasteiger partial charge in [0.1, 0.15) is 6.04 Å². The molecule has 0 aromatic heterocycles. The SMILES string of the molecule is O=C(O)C1CSCN1S(=O)(=O)c1ccccc1C(F)(F)F. The van der Waals surface area contributed by atoms with E-state index in [0.29, 0.717) is 10.4 Å². The Morgan fingerprint density at radius 3 is 2.52 bits per heavy atom. The van der Waals surface area contributed by atoms with Crippen molar-refractivity contribution in [3.05, 3.63) is 29.8 Å². The molecule has 1 heterocycles.